The monoisotopic (exact) mass is 361 g/mol. The van der Waals surface area contributed by atoms with Gasteiger partial charge in [0.2, 0.25) is 0 Å². The van der Waals surface area contributed by atoms with Gasteiger partial charge in [-0.1, -0.05) is 35.9 Å². The van der Waals surface area contributed by atoms with E-state index in [1.54, 1.807) is 6.07 Å². The average molecular weight is 361 g/mol. The molecule has 0 aliphatic heterocycles. The first-order valence-corrected chi connectivity index (χ1v) is 9.34. The molecule has 0 unspecified atom stereocenters. The summed E-state index contributed by atoms with van der Waals surface area (Å²) in [6.45, 7) is 11.0. The number of aryl methyl sites for hydroxylation is 4. The topological polar surface area (TPSA) is 42.2 Å². The Morgan fingerprint density at radius 1 is 0.926 bits per heavy atom. The predicted molar refractivity (Wildman–Crippen MR) is 109 cm³/mol. The standard InChI is InChI=1S/C24H27NO2/c1-15-11-17(3)22(18(4)12-15)13-21-9-10-23(27-21)24(26)25-14-20-8-6-7-16(2)19(20)5/h6-12H,13-14H2,1-5H3,(H,25,26). The lowest BCUT2D eigenvalue weighted by Gasteiger charge is -2.10. The van der Waals surface area contributed by atoms with Crippen LogP contribution in [0.4, 0.5) is 0 Å². The van der Waals surface area contributed by atoms with Crippen molar-refractivity contribution in [2.24, 2.45) is 0 Å². The van der Waals surface area contributed by atoms with E-state index >= 15 is 0 Å². The van der Waals surface area contributed by atoms with Crippen LogP contribution in [0, 0.1) is 34.6 Å². The molecule has 3 heteroatoms. The molecule has 0 saturated heterocycles. The van der Waals surface area contributed by atoms with Gasteiger partial charge in [-0.3, -0.25) is 4.79 Å². The highest BCUT2D eigenvalue weighted by molar-refractivity contribution is 5.91. The van der Waals surface area contributed by atoms with E-state index in [1.165, 1.54) is 33.4 Å². The fraction of sp³-hybridized carbons (Fsp3) is 0.292. The van der Waals surface area contributed by atoms with E-state index in [4.69, 9.17) is 4.42 Å². The zero-order valence-electron chi connectivity index (χ0n) is 16.8. The van der Waals surface area contributed by atoms with Crippen LogP contribution in [0.3, 0.4) is 0 Å². The minimum absolute atomic E-state index is 0.181. The minimum atomic E-state index is -0.181. The van der Waals surface area contributed by atoms with E-state index in [0.717, 1.165) is 11.3 Å². The summed E-state index contributed by atoms with van der Waals surface area (Å²) in [5, 5.41) is 2.96. The zero-order valence-corrected chi connectivity index (χ0v) is 16.8. The van der Waals surface area contributed by atoms with Gasteiger partial charge in [-0.15, -0.1) is 0 Å². The highest BCUT2D eigenvalue weighted by Crippen LogP contribution is 2.21. The highest BCUT2D eigenvalue weighted by atomic mass is 16.3. The molecule has 2 aromatic carbocycles. The molecule has 1 aromatic heterocycles. The molecule has 3 nitrogen and oxygen atoms in total. The summed E-state index contributed by atoms with van der Waals surface area (Å²) in [6, 6.07) is 14.2. The Morgan fingerprint density at radius 2 is 1.63 bits per heavy atom. The van der Waals surface area contributed by atoms with Gasteiger partial charge in [-0.05, 0) is 80.1 Å². The Kier molecular flexibility index (Phi) is 5.50. The maximum atomic E-state index is 12.5. The van der Waals surface area contributed by atoms with Crippen molar-refractivity contribution in [2.75, 3.05) is 0 Å². The van der Waals surface area contributed by atoms with Crippen LogP contribution < -0.4 is 5.32 Å². The van der Waals surface area contributed by atoms with E-state index in [-0.39, 0.29) is 5.91 Å². The van der Waals surface area contributed by atoms with Gasteiger partial charge in [0.1, 0.15) is 5.76 Å². The first-order valence-electron chi connectivity index (χ1n) is 9.34. The lowest BCUT2D eigenvalue weighted by Crippen LogP contribution is -2.22. The second kappa shape index (κ2) is 7.83. The molecule has 0 atom stereocenters. The van der Waals surface area contributed by atoms with Gasteiger partial charge in [0, 0.05) is 13.0 Å². The summed E-state index contributed by atoms with van der Waals surface area (Å²) in [5.74, 6) is 0.985. The number of amides is 1. The molecule has 0 spiro atoms. The maximum Gasteiger partial charge on any atom is 0.287 e. The first-order chi connectivity index (χ1) is 12.8. The van der Waals surface area contributed by atoms with Crippen LogP contribution in [0.1, 0.15) is 55.3 Å². The Hall–Kier alpha value is -2.81. The van der Waals surface area contributed by atoms with Gasteiger partial charge in [-0.25, -0.2) is 0 Å². The molecule has 0 bridgehead atoms. The molecule has 27 heavy (non-hydrogen) atoms. The van der Waals surface area contributed by atoms with E-state index in [2.05, 4.69) is 58.1 Å². The second-order valence-corrected chi connectivity index (χ2v) is 7.36. The van der Waals surface area contributed by atoms with Gasteiger partial charge in [0.25, 0.3) is 5.91 Å². The van der Waals surface area contributed by atoms with Gasteiger partial charge >= 0.3 is 0 Å². The zero-order chi connectivity index (χ0) is 19.6. The van der Waals surface area contributed by atoms with Gasteiger partial charge in [0.05, 0.1) is 0 Å². The lowest BCUT2D eigenvalue weighted by atomic mass is 9.97. The molecule has 3 rings (SSSR count). The van der Waals surface area contributed by atoms with E-state index in [1.807, 2.05) is 18.2 Å². The molecule has 140 valence electrons. The average Bonchev–Trinajstić information content (AvgIpc) is 3.08. The fourth-order valence-electron chi connectivity index (χ4n) is 3.52. The summed E-state index contributed by atoms with van der Waals surface area (Å²) in [4.78, 5) is 12.5. The van der Waals surface area contributed by atoms with Crippen molar-refractivity contribution in [1.29, 1.82) is 0 Å². The summed E-state index contributed by atoms with van der Waals surface area (Å²) in [5.41, 5.74) is 8.60. The third-order valence-electron chi connectivity index (χ3n) is 5.23. The van der Waals surface area contributed by atoms with Crippen LogP contribution >= 0.6 is 0 Å². The summed E-state index contributed by atoms with van der Waals surface area (Å²) in [7, 11) is 0. The number of carbonyl (C=O) groups excluding carboxylic acids is 1. The van der Waals surface area contributed by atoms with Crippen molar-refractivity contribution in [3.63, 3.8) is 0 Å². The maximum absolute atomic E-state index is 12.5. The third kappa shape index (κ3) is 4.30. The Labute approximate surface area is 161 Å². The molecule has 0 fully saturated rings. The lowest BCUT2D eigenvalue weighted by molar-refractivity contribution is 0.0921. The number of furan rings is 1. The van der Waals surface area contributed by atoms with Crippen molar-refractivity contribution in [3.05, 3.63) is 92.9 Å². The minimum Gasteiger partial charge on any atom is -0.456 e. The highest BCUT2D eigenvalue weighted by Gasteiger charge is 2.13. The number of carbonyl (C=O) groups is 1. The Morgan fingerprint density at radius 3 is 2.33 bits per heavy atom. The van der Waals surface area contributed by atoms with Gasteiger partial charge < -0.3 is 9.73 Å². The molecular formula is C24H27NO2. The first kappa shape index (κ1) is 19.0. The quantitative estimate of drug-likeness (QED) is 0.666. The number of nitrogens with one attached hydrogen (secondary N) is 1. The number of benzene rings is 2. The third-order valence-corrected chi connectivity index (χ3v) is 5.23. The normalized spacial score (nSPS) is 10.9. The predicted octanol–water partition coefficient (Wildman–Crippen LogP) is 5.34. The SMILES string of the molecule is Cc1cc(C)c(Cc2ccc(C(=O)NCc3cccc(C)c3C)o2)c(C)c1. The summed E-state index contributed by atoms with van der Waals surface area (Å²) >= 11 is 0. The van der Waals surface area contributed by atoms with Crippen molar-refractivity contribution >= 4 is 5.91 Å². The van der Waals surface area contributed by atoms with Gasteiger partial charge in [-0.2, -0.15) is 0 Å². The molecule has 0 radical (unpaired) electrons. The van der Waals surface area contributed by atoms with Crippen LogP contribution in [0.5, 0.6) is 0 Å². The molecule has 0 aliphatic carbocycles. The molecule has 0 aliphatic rings. The number of rotatable bonds is 5. The number of hydrogen-bond acceptors (Lipinski definition) is 2. The molecule has 0 saturated carbocycles. The van der Waals surface area contributed by atoms with E-state index < -0.39 is 0 Å². The van der Waals surface area contributed by atoms with E-state index in [9.17, 15) is 4.79 Å². The Bertz CT molecular complexity index is 959. The van der Waals surface area contributed by atoms with Crippen molar-refractivity contribution in [3.8, 4) is 0 Å². The second-order valence-electron chi connectivity index (χ2n) is 7.36. The number of hydrogen-bond donors (Lipinski definition) is 1. The van der Waals surface area contributed by atoms with Gasteiger partial charge in [0.15, 0.2) is 5.76 Å². The van der Waals surface area contributed by atoms with Crippen LogP contribution in [0.15, 0.2) is 46.9 Å². The molecular weight excluding hydrogens is 334 g/mol. The smallest absolute Gasteiger partial charge is 0.287 e. The van der Waals surface area contributed by atoms with Crippen molar-refractivity contribution < 1.29 is 9.21 Å². The summed E-state index contributed by atoms with van der Waals surface area (Å²) in [6.07, 6.45) is 0.697. The molecule has 1 heterocycles. The largest absolute Gasteiger partial charge is 0.456 e. The van der Waals surface area contributed by atoms with Crippen LogP contribution in [-0.2, 0) is 13.0 Å². The van der Waals surface area contributed by atoms with Crippen molar-refractivity contribution in [1.82, 2.24) is 5.32 Å². The Balaban J connectivity index is 1.68. The van der Waals surface area contributed by atoms with Crippen LogP contribution in [0.25, 0.3) is 0 Å². The molecule has 1 amide bonds. The van der Waals surface area contributed by atoms with Crippen LogP contribution in [-0.4, -0.2) is 5.91 Å². The van der Waals surface area contributed by atoms with Crippen LogP contribution in [0.2, 0.25) is 0 Å². The summed E-state index contributed by atoms with van der Waals surface area (Å²) < 4.78 is 5.82. The molecule has 1 N–H and O–H groups in total. The fourth-order valence-corrected chi connectivity index (χ4v) is 3.52. The molecule has 3 aromatic rings. The van der Waals surface area contributed by atoms with E-state index in [0.29, 0.717) is 18.7 Å². The van der Waals surface area contributed by atoms with Crippen molar-refractivity contribution in [2.45, 2.75) is 47.6 Å².